The summed E-state index contributed by atoms with van der Waals surface area (Å²) in [6, 6.07) is 13.1. The number of nitro groups is 1. The molecule has 1 amide bonds. The molecule has 0 unspecified atom stereocenters. The number of nitrogens with one attached hydrogen (secondary N) is 1. The Morgan fingerprint density at radius 1 is 1.09 bits per heavy atom. The molecule has 0 bridgehead atoms. The van der Waals surface area contributed by atoms with Gasteiger partial charge in [-0.2, -0.15) is 0 Å². The largest absolute Gasteiger partial charge is 0.508 e. The minimum Gasteiger partial charge on any atom is -0.508 e. The molecule has 0 atom stereocenters. The zero-order valence-corrected chi connectivity index (χ0v) is 20.2. The Morgan fingerprint density at radius 3 is 2.49 bits per heavy atom. The molecule has 182 valence electrons. The Hall–Kier alpha value is -4.27. The number of methoxy groups -OCH3 is 1. The number of phenolic OH excluding ortho intramolecular Hbond substituents is 1. The molecule has 3 aromatic carbocycles. The molecule has 1 aliphatic rings. The number of ether oxygens (including phenoxy) is 2. The summed E-state index contributed by atoms with van der Waals surface area (Å²) in [5.74, 6) is 0.770. The standard InChI is InChI=1S/C26H27N3O6/c1-15-6-7-16(29(32)33)12-22(15)35-14-20-18(19-9-8-17(30)13-23(19)34-5)10-11-21-24(20)28(4)25(31)26(2,3)27-21/h6-13,27,30H,14H2,1-5H3. The first-order valence-electron chi connectivity index (χ1n) is 11.0. The van der Waals surface area contributed by atoms with Crippen molar-refractivity contribution in [3.63, 3.8) is 0 Å². The number of likely N-dealkylation sites (N-methyl/N-ethyl adjacent to an activating group) is 1. The van der Waals surface area contributed by atoms with E-state index in [2.05, 4.69) is 5.32 Å². The van der Waals surface area contributed by atoms with Crippen molar-refractivity contribution in [1.82, 2.24) is 0 Å². The molecule has 0 fully saturated rings. The van der Waals surface area contributed by atoms with Gasteiger partial charge in [0.2, 0.25) is 0 Å². The number of carbonyl (C=O) groups excluding carboxylic acids is 1. The smallest absolute Gasteiger partial charge is 0.273 e. The Labute approximate surface area is 203 Å². The number of phenols is 1. The van der Waals surface area contributed by atoms with E-state index < -0.39 is 10.5 Å². The highest BCUT2D eigenvalue weighted by Gasteiger charge is 2.38. The Balaban J connectivity index is 1.88. The van der Waals surface area contributed by atoms with Crippen molar-refractivity contribution in [2.45, 2.75) is 32.9 Å². The second-order valence-electron chi connectivity index (χ2n) is 8.98. The number of fused-ring (bicyclic) bond motifs is 1. The minimum atomic E-state index is -0.797. The van der Waals surface area contributed by atoms with Crippen LogP contribution in [0.1, 0.15) is 25.0 Å². The summed E-state index contributed by atoms with van der Waals surface area (Å²) in [7, 11) is 3.22. The van der Waals surface area contributed by atoms with Crippen LogP contribution in [0.2, 0.25) is 0 Å². The van der Waals surface area contributed by atoms with Crippen molar-refractivity contribution >= 4 is 23.0 Å². The average Bonchev–Trinajstić information content (AvgIpc) is 2.81. The second-order valence-corrected chi connectivity index (χ2v) is 8.98. The van der Waals surface area contributed by atoms with Crippen LogP contribution in [0, 0.1) is 17.0 Å². The summed E-state index contributed by atoms with van der Waals surface area (Å²) < 4.78 is 11.6. The van der Waals surface area contributed by atoms with Gasteiger partial charge in [-0.05, 0) is 56.2 Å². The summed E-state index contributed by atoms with van der Waals surface area (Å²) in [6.07, 6.45) is 0. The lowest BCUT2D eigenvalue weighted by Crippen LogP contribution is -2.52. The summed E-state index contributed by atoms with van der Waals surface area (Å²) in [5, 5.41) is 24.5. The molecule has 0 aromatic heterocycles. The fourth-order valence-corrected chi connectivity index (χ4v) is 4.34. The molecular weight excluding hydrogens is 450 g/mol. The molecule has 9 heteroatoms. The van der Waals surface area contributed by atoms with Crippen LogP contribution in [-0.2, 0) is 11.4 Å². The van der Waals surface area contributed by atoms with Gasteiger partial charge in [0.25, 0.3) is 11.6 Å². The lowest BCUT2D eigenvalue weighted by Gasteiger charge is -2.39. The Kier molecular flexibility index (Phi) is 6.02. The third kappa shape index (κ3) is 4.32. The SMILES string of the molecule is COc1cc(O)ccc1-c1ccc2c(c1COc1cc([N+](=O)[O-])ccc1C)N(C)C(=O)C(C)(C)N2. The number of amides is 1. The van der Waals surface area contributed by atoms with Gasteiger partial charge in [-0.3, -0.25) is 14.9 Å². The molecule has 1 aliphatic heterocycles. The lowest BCUT2D eigenvalue weighted by atomic mass is 9.91. The van der Waals surface area contributed by atoms with Gasteiger partial charge in [0.15, 0.2) is 0 Å². The van der Waals surface area contributed by atoms with Gasteiger partial charge in [0.05, 0.1) is 29.5 Å². The predicted octanol–water partition coefficient (Wildman–Crippen LogP) is 5.03. The molecule has 4 rings (SSSR count). The zero-order valence-electron chi connectivity index (χ0n) is 20.2. The fraction of sp³-hybridized carbons (Fsp3) is 0.269. The van der Waals surface area contributed by atoms with Gasteiger partial charge >= 0.3 is 0 Å². The number of aryl methyl sites for hydroxylation is 1. The highest BCUT2D eigenvalue weighted by atomic mass is 16.6. The molecule has 0 spiro atoms. The van der Waals surface area contributed by atoms with Crippen LogP contribution in [0.3, 0.4) is 0 Å². The van der Waals surface area contributed by atoms with E-state index in [4.69, 9.17) is 9.47 Å². The van der Waals surface area contributed by atoms with Gasteiger partial charge in [0, 0.05) is 30.3 Å². The minimum absolute atomic E-state index is 0.0320. The van der Waals surface area contributed by atoms with E-state index in [9.17, 15) is 20.0 Å². The number of carbonyl (C=O) groups is 1. The van der Waals surface area contributed by atoms with Crippen LogP contribution in [0.5, 0.6) is 17.2 Å². The summed E-state index contributed by atoms with van der Waals surface area (Å²) in [5.41, 5.74) is 3.41. The third-order valence-electron chi connectivity index (χ3n) is 6.13. The first-order valence-corrected chi connectivity index (χ1v) is 11.0. The first-order chi connectivity index (χ1) is 16.5. The third-order valence-corrected chi connectivity index (χ3v) is 6.13. The summed E-state index contributed by atoms with van der Waals surface area (Å²) in [6.45, 7) is 5.47. The van der Waals surface area contributed by atoms with E-state index in [1.54, 1.807) is 30.1 Å². The van der Waals surface area contributed by atoms with Gasteiger partial charge in [-0.25, -0.2) is 0 Å². The fourth-order valence-electron chi connectivity index (χ4n) is 4.34. The van der Waals surface area contributed by atoms with Crippen LogP contribution in [-0.4, -0.2) is 35.6 Å². The quantitative estimate of drug-likeness (QED) is 0.378. The monoisotopic (exact) mass is 477 g/mol. The van der Waals surface area contributed by atoms with Crippen molar-refractivity contribution in [3.8, 4) is 28.4 Å². The topological polar surface area (TPSA) is 114 Å². The molecule has 9 nitrogen and oxygen atoms in total. The molecule has 1 heterocycles. The molecule has 3 aromatic rings. The number of non-ortho nitro benzene ring substituents is 1. The highest BCUT2D eigenvalue weighted by molar-refractivity contribution is 6.08. The molecular formula is C26H27N3O6. The second kappa shape index (κ2) is 8.83. The average molecular weight is 478 g/mol. The summed E-state index contributed by atoms with van der Waals surface area (Å²) in [4.78, 5) is 25.5. The highest BCUT2D eigenvalue weighted by Crippen LogP contribution is 2.45. The Bertz CT molecular complexity index is 1330. The van der Waals surface area contributed by atoms with Gasteiger partial charge < -0.3 is 24.8 Å². The lowest BCUT2D eigenvalue weighted by molar-refractivity contribution is -0.385. The van der Waals surface area contributed by atoms with E-state index in [0.717, 1.165) is 16.8 Å². The number of rotatable bonds is 6. The maximum Gasteiger partial charge on any atom is 0.273 e. The van der Waals surface area contributed by atoms with E-state index in [0.29, 0.717) is 28.3 Å². The van der Waals surface area contributed by atoms with Crippen LogP contribution in [0.4, 0.5) is 17.1 Å². The predicted molar refractivity (Wildman–Crippen MR) is 133 cm³/mol. The first kappa shape index (κ1) is 23.9. The molecule has 0 saturated carbocycles. The number of nitrogens with zero attached hydrogens (tertiary/aromatic N) is 2. The maximum absolute atomic E-state index is 13.1. The van der Waals surface area contributed by atoms with Crippen molar-refractivity contribution in [1.29, 1.82) is 0 Å². The Morgan fingerprint density at radius 2 is 1.80 bits per heavy atom. The molecule has 35 heavy (non-hydrogen) atoms. The number of aromatic hydroxyl groups is 1. The van der Waals surface area contributed by atoms with Crippen molar-refractivity contribution in [2.75, 3.05) is 24.4 Å². The molecule has 2 N–H and O–H groups in total. The van der Waals surface area contributed by atoms with E-state index in [-0.39, 0.29) is 24.0 Å². The van der Waals surface area contributed by atoms with Crippen molar-refractivity contribution < 1.29 is 24.3 Å². The van der Waals surface area contributed by atoms with E-state index in [1.807, 2.05) is 32.9 Å². The van der Waals surface area contributed by atoms with Crippen LogP contribution in [0.15, 0.2) is 48.5 Å². The van der Waals surface area contributed by atoms with Crippen LogP contribution in [0.25, 0.3) is 11.1 Å². The number of hydrogen-bond donors (Lipinski definition) is 2. The molecule has 0 aliphatic carbocycles. The zero-order chi connectivity index (χ0) is 25.5. The maximum atomic E-state index is 13.1. The summed E-state index contributed by atoms with van der Waals surface area (Å²) >= 11 is 0. The van der Waals surface area contributed by atoms with Gasteiger partial charge in [0.1, 0.15) is 29.4 Å². The van der Waals surface area contributed by atoms with Gasteiger partial charge in [-0.1, -0.05) is 6.07 Å². The number of anilines is 2. The van der Waals surface area contributed by atoms with E-state index >= 15 is 0 Å². The molecule has 0 saturated heterocycles. The van der Waals surface area contributed by atoms with Crippen LogP contribution >= 0.6 is 0 Å². The normalized spacial score (nSPS) is 14.2. The van der Waals surface area contributed by atoms with Crippen molar-refractivity contribution in [2.24, 2.45) is 0 Å². The van der Waals surface area contributed by atoms with Crippen molar-refractivity contribution in [3.05, 3.63) is 69.8 Å². The number of benzene rings is 3. The number of hydrogen-bond acceptors (Lipinski definition) is 7. The van der Waals surface area contributed by atoms with Gasteiger partial charge in [-0.15, -0.1) is 0 Å². The molecule has 0 radical (unpaired) electrons. The number of nitro benzene ring substituents is 1. The van der Waals surface area contributed by atoms with E-state index in [1.165, 1.54) is 25.3 Å². The van der Waals surface area contributed by atoms with Crippen LogP contribution < -0.4 is 19.7 Å².